The van der Waals surface area contributed by atoms with Crippen molar-refractivity contribution in [1.29, 1.82) is 0 Å². The predicted octanol–water partition coefficient (Wildman–Crippen LogP) is 8.88. The van der Waals surface area contributed by atoms with Crippen molar-refractivity contribution in [2.24, 2.45) is 23.3 Å². The molecule has 0 spiro atoms. The van der Waals surface area contributed by atoms with E-state index < -0.39 is 0 Å². The Labute approximate surface area is 307 Å². The molecule has 2 atom stereocenters. The minimum Gasteiger partial charge on any atom is -0.387 e. The Morgan fingerprint density at radius 2 is 1.32 bits per heavy atom. The van der Waals surface area contributed by atoms with Gasteiger partial charge in [0.15, 0.2) is 0 Å². The van der Waals surface area contributed by atoms with Gasteiger partial charge in [0.25, 0.3) is 0 Å². The quantitative estimate of drug-likeness (QED) is 0.0734. The molecule has 0 aromatic heterocycles. The molecule has 2 aromatic rings. The van der Waals surface area contributed by atoms with Gasteiger partial charge in [0.2, 0.25) is 0 Å². The van der Waals surface area contributed by atoms with Crippen molar-refractivity contribution in [2.75, 3.05) is 26.2 Å². The fourth-order valence-corrected chi connectivity index (χ4v) is 5.82. The zero-order chi connectivity index (χ0) is 37.0. The summed E-state index contributed by atoms with van der Waals surface area (Å²) in [5.74, 6) is 1.62. The fraction of sp³-hybridized carbons (Fsp3) is 0.545. The van der Waals surface area contributed by atoms with Crippen molar-refractivity contribution in [1.82, 2.24) is 21.3 Å². The summed E-state index contributed by atoms with van der Waals surface area (Å²) < 4.78 is 0. The van der Waals surface area contributed by atoms with Crippen LogP contribution in [0.1, 0.15) is 104 Å². The highest BCUT2D eigenvalue weighted by molar-refractivity contribution is 5.23. The van der Waals surface area contributed by atoms with Crippen molar-refractivity contribution < 1.29 is 0 Å². The highest BCUT2D eigenvalue weighted by atomic mass is 15.1. The zero-order valence-electron chi connectivity index (χ0n) is 32.7. The molecule has 0 heterocycles. The second-order valence-electron chi connectivity index (χ2n) is 14.2. The first-order valence-electron chi connectivity index (χ1n) is 19.3. The molecule has 0 radical (unpaired) electrons. The summed E-state index contributed by atoms with van der Waals surface area (Å²) in [7, 11) is 0. The van der Waals surface area contributed by atoms with E-state index in [1.807, 2.05) is 18.2 Å². The molecule has 1 aliphatic carbocycles. The van der Waals surface area contributed by atoms with Gasteiger partial charge in [-0.25, -0.2) is 0 Å². The van der Waals surface area contributed by atoms with Gasteiger partial charge in [-0.15, -0.1) is 0 Å². The smallest absolute Gasteiger partial charge is 0.0694 e. The molecule has 3 rings (SSSR count). The lowest BCUT2D eigenvalue weighted by atomic mass is 10.0. The van der Waals surface area contributed by atoms with Crippen LogP contribution in [-0.2, 0) is 6.42 Å². The fourth-order valence-electron chi connectivity index (χ4n) is 5.82. The van der Waals surface area contributed by atoms with Gasteiger partial charge in [0.05, 0.1) is 18.6 Å². The van der Waals surface area contributed by atoms with E-state index in [2.05, 4.69) is 131 Å². The van der Waals surface area contributed by atoms with Gasteiger partial charge in [0, 0.05) is 35.9 Å². The summed E-state index contributed by atoms with van der Waals surface area (Å²) >= 11 is 0. The van der Waals surface area contributed by atoms with Crippen molar-refractivity contribution in [3.05, 3.63) is 120 Å². The van der Waals surface area contributed by atoms with Crippen LogP contribution in [0, 0.1) is 18.8 Å². The minimum atomic E-state index is 0.0557. The summed E-state index contributed by atoms with van der Waals surface area (Å²) in [6.45, 7) is 24.3. The number of hydrogen-bond acceptors (Lipinski definition) is 6. The molecule has 6 nitrogen and oxygen atoms in total. The van der Waals surface area contributed by atoms with Crippen molar-refractivity contribution >= 4 is 0 Å². The van der Waals surface area contributed by atoms with E-state index in [0.29, 0.717) is 13.1 Å². The summed E-state index contributed by atoms with van der Waals surface area (Å²) in [4.78, 5) is 0. The number of nitrogens with one attached hydrogen (secondary N) is 4. The molecule has 2 aromatic carbocycles. The van der Waals surface area contributed by atoms with Crippen LogP contribution in [0.4, 0.5) is 0 Å². The van der Waals surface area contributed by atoms with Crippen LogP contribution in [0.3, 0.4) is 0 Å². The maximum Gasteiger partial charge on any atom is 0.0694 e. The molecule has 1 aliphatic rings. The van der Waals surface area contributed by atoms with Gasteiger partial charge >= 0.3 is 0 Å². The largest absolute Gasteiger partial charge is 0.387 e. The second-order valence-corrected chi connectivity index (χ2v) is 14.2. The number of allylic oxidation sites excluding steroid dienone is 2. The Bertz CT molecular complexity index is 1190. The molecule has 0 aliphatic heterocycles. The van der Waals surface area contributed by atoms with Gasteiger partial charge in [-0.3, -0.25) is 0 Å². The molecule has 1 fully saturated rings. The van der Waals surface area contributed by atoms with Crippen LogP contribution in [0.2, 0.25) is 0 Å². The van der Waals surface area contributed by atoms with Crippen molar-refractivity contribution in [2.45, 2.75) is 118 Å². The number of rotatable bonds is 21. The topological polar surface area (TPSA) is 100 Å². The first-order chi connectivity index (χ1) is 24.1. The van der Waals surface area contributed by atoms with Gasteiger partial charge < -0.3 is 32.7 Å². The van der Waals surface area contributed by atoms with Crippen LogP contribution >= 0.6 is 0 Å². The number of unbranched alkanes of at least 4 members (excludes halogenated alkanes) is 1. The normalized spacial score (nSPS) is 14.4. The molecule has 8 N–H and O–H groups in total. The Morgan fingerprint density at radius 1 is 0.780 bits per heavy atom. The van der Waals surface area contributed by atoms with Crippen LogP contribution in [0.25, 0.3) is 0 Å². The van der Waals surface area contributed by atoms with E-state index in [9.17, 15) is 0 Å². The average Bonchev–Trinajstić information content (AvgIpc) is 3.62. The summed E-state index contributed by atoms with van der Waals surface area (Å²) in [6.07, 6.45) is 16.0. The summed E-state index contributed by atoms with van der Waals surface area (Å²) in [6, 6.07) is 21.1. The number of aryl methyl sites for hydroxylation is 1. The Hall–Kier alpha value is -3.48. The Balaban J connectivity index is 0.000000966. The third-order valence-electron chi connectivity index (χ3n) is 8.35. The Morgan fingerprint density at radius 3 is 1.82 bits per heavy atom. The van der Waals surface area contributed by atoms with E-state index in [1.54, 1.807) is 0 Å². The average molecular weight is 687 g/mol. The molecule has 6 heteroatoms. The van der Waals surface area contributed by atoms with E-state index in [4.69, 9.17) is 11.5 Å². The van der Waals surface area contributed by atoms with Crippen molar-refractivity contribution in [3.8, 4) is 0 Å². The van der Waals surface area contributed by atoms with E-state index in [1.165, 1.54) is 42.5 Å². The van der Waals surface area contributed by atoms with Gasteiger partial charge in [-0.2, -0.15) is 0 Å². The minimum absolute atomic E-state index is 0.0557. The zero-order valence-corrected chi connectivity index (χ0v) is 32.7. The summed E-state index contributed by atoms with van der Waals surface area (Å²) in [5, 5.41) is 14.8. The lowest BCUT2D eigenvalue weighted by molar-refractivity contribution is 0.469. The Kier molecular flexibility index (Phi) is 25.2. The van der Waals surface area contributed by atoms with Crippen LogP contribution in [0.5, 0.6) is 0 Å². The number of nitrogens with two attached hydrogens (primary N) is 2. The molecule has 50 heavy (non-hydrogen) atoms. The maximum atomic E-state index is 5.89. The lowest BCUT2D eigenvalue weighted by Gasteiger charge is -2.29. The molecule has 0 amide bonds. The molecule has 0 bridgehead atoms. The van der Waals surface area contributed by atoms with Crippen LogP contribution < -0.4 is 32.7 Å². The third-order valence-corrected chi connectivity index (χ3v) is 8.35. The second kappa shape index (κ2) is 28.2. The molecule has 280 valence electrons. The van der Waals surface area contributed by atoms with Gasteiger partial charge in [-0.1, -0.05) is 139 Å². The molecule has 2 unspecified atom stereocenters. The van der Waals surface area contributed by atoms with Gasteiger partial charge in [-0.05, 0) is 82.2 Å². The monoisotopic (exact) mass is 687 g/mol. The highest BCUT2D eigenvalue weighted by Crippen LogP contribution is 2.24. The summed E-state index contributed by atoms with van der Waals surface area (Å²) in [5.41, 5.74) is 18.6. The van der Waals surface area contributed by atoms with Crippen LogP contribution in [-0.4, -0.2) is 38.3 Å². The predicted molar refractivity (Wildman–Crippen MR) is 221 cm³/mol. The third kappa shape index (κ3) is 21.6. The first kappa shape index (κ1) is 44.5. The van der Waals surface area contributed by atoms with E-state index >= 15 is 0 Å². The number of benzene rings is 2. The first-order valence-corrected chi connectivity index (χ1v) is 19.3. The van der Waals surface area contributed by atoms with Gasteiger partial charge in [0.1, 0.15) is 0 Å². The lowest BCUT2D eigenvalue weighted by Crippen LogP contribution is -2.42. The van der Waals surface area contributed by atoms with E-state index in [-0.39, 0.29) is 12.1 Å². The van der Waals surface area contributed by atoms with Crippen molar-refractivity contribution in [3.63, 3.8) is 0 Å². The number of hydrogen-bond donors (Lipinski definition) is 6. The molecular weight excluding hydrogens is 613 g/mol. The molecule has 1 saturated carbocycles. The molecule has 0 saturated heterocycles. The maximum absolute atomic E-state index is 5.89. The SMILES string of the molecule is C=C(CNC(=CCC)C(Cc1ccccc1)NC(=C)CN)NC(CCCCN)C(=CCC)NCC1CCCC1.CC(C)C.Cc1ccccc1. The highest BCUT2D eigenvalue weighted by Gasteiger charge is 2.20. The molecular formula is C44H74N6. The van der Waals surface area contributed by atoms with E-state index in [0.717, 1.165) is 80.5 Å². The van der Waals surface area contributed by atoms with Crippen LogP contribution in [0.15, 0.2) is 109 Å². The standard InChI is InChI=1S/C33H56N6.C7H8.C4H10/c1-5-14-30(37-25-29-18-10-11-19-29)32(20-12-13-21-34)39-27(4)24-36-31(15-6-2)33(38-26(3)23-35)22-28-16-8-7-9-17-28;1-7-5-3-2-4-6-7;1-4(2)3/h7-9,14-17,29,32-33,36-39H,3-6,10-13,18-25,34-35H2,1-2H3;2-6H,1H3;4H,1-3H3.